The van der Waals surface area contributed by atoms with Crippen molar-refractivity contribution in [1.29, 1.82) is 0 Å². The van der Waals surface area contributed by atoms with Gasteiger partial charge in [0.1, 0.15) is 0 Å². The molecule has 2 aromatic heterocycles. The highest BCUT2D eigenvalue weighted by Crippen LogP contribution is 2.32. The van der Waals surface area contributed by atoms with Crippen LogP contribution in [0.3, 0.4) is 0 Å². The number of aromatic nitrogens is 3. The Kier molecular flexibility index (Phi) is 6.27. The highest BCUT2D eigenvalue weighted by atomic mass is 32.1. The van der Waals surface area contributed by atoms with Crippen molar-refractivity contribution in [2.75, 3.05) is 27.4 Å². The van der Waals surface area contributed by atoms with Gasteiger partial charge in [0.05, 0.1) is 32.0 Å². The number of thiazole rings is 1. The summed E-state index contributed by atoms with van der Waals surface area (Å²) >= 11 is 1.28. The SMILES string of the molecule is CCOc1ccc(/C=c2\sc3nnc(-c4ccc(OC)c(OC)c4)n3c2=O)cc1OCC. The van der Waals surface area contributed by atoms with Crippen LogP contribution in [-0.4, -0.2) is 42.0 Å². The molecule has 0 aliphatic carbocycles. The predicted octanol–water partition coefficient (Wildman–Crippen LogP) is 3.18. The average Bonchev–Trinajstić information content (AvgIpc) is 3.35. The molecule has 0 fully saturated rings. The molecule has 0 unspecified atom stereocenters. The Labute approximate surface area is 188 Å². The van der Waals surface area contributed by atoms with Gasteiger partial charge in [0.15, 0.2) is 28.8 Å². The second kappa shape index (κ2) is 9.27. The van der Waals surface area contributed by atoms with Gasteiger partial charge in [-0.05, 0) is 55.8 Å². The molecule has 0 aliphatic heterocycles. The smallest absolute Gasteiger partial charge is 0.276 e. The number of rotatable bonds is 8. The molecule has 0 saturated carbocycles. The zero-order valence-electron chi connectivity index (χ0n) is 18.2. The summed E-state index contributed by atoms with van der Waals surface area (Å²) in [7, 11) is 3.13. The van der Waals surface area contributed by atoms with Crippen molar-refractivity contribution in [3.8, 4) is 34.4 Å². The third kappa shape index (κ3) is 3.99. The topological polar surface area (TPSA) is 84.2 Å². The molecule has 2 heterocycles. The normalized spacial score (nSPS) is 11.7. The lowest BCUT2D eigenvalue weighted by molar-refractivity contribution is 0.287. The maximum absolute atomic E-state index is 13.2. The second-order valence-corrected chi connectivity index (χ2v) is 7.71. The van der Waals surface area contributed by atoms with Crippen molar-refractivity contribution in [1.82, 2.24) is 14.6 Å². The van der Waals surface area contributed by atoms with Gasteiger partial charge in [0.25, 0.3) is 5.56 Å². The monoisotopic (exact) mass is 453 g/mol. The maximum atomic E-state index is 13.2. The fourth-order valence-corrected chi connectivity index (χ4v) is 4.25. The van der Waals surface area contributed by atoms with Crippen molar-refractivity contribution in [2.24, 2.45) is 0 Å². The number of nitrogens with zero attached hydrogens (tertiary/aromatic N) is 3. The number of benzene rings is 2. The predicted molar refractivity (Wildman–Crippen MR) is 123 cm³/mol. The summed E-state index contributed by atoms with van der Waals surface area (Å²) in [6.45, 7) is 4.90. The Hall–Kier alpha value is -3.59. The molecule has 9 heteroatoms. The molecule has 0 saturated heterocycles. The van der Waals surface area contributed by atoms with E-state index in [4.69, 9.17) is 18.9 Å². The molecule has 0 amide bonds. The van der Waals surface area contributed by atoms with E-state index < -0.39 is 0 Å². The summed E-state index contributed by atoms with van der Waals surface area (Å²) in [5, 5.41) is 8.41. The molecule has 32 heavy (non-hydrogen) atoms. The molecule has 8 nitrogen and oxygen atoms in total. The van der Waals surface area contributed by atoms with E-state index in [9.17, 15) is 4.79 Å². The quantitative estimate of drug-likeness (QED) is 0.405. The van der Waals surface area contributed by atoms with Crippen LogP contribution in [-0.2, 0) is 0 Å². The number of hydrogen-bond donors (Lipinski definition) is 0. The highest BCUT2D eigenvalue weighted by Gasteiger charge is 2.16. The lowest BCUT2D eigenvalue weighted by atomic mass is 10.2. The van der Waals surface area contributed by atoms with Crippen LogP contribution in [0.15, 0.2) is 41.2 Å². The minimum absolute atomic E-state index is 0.188. The standard InChI is InChI=1S/C23H23N3O5S/c1-5-30-17-9-7-14(11-19(17)31-6-2)12-20-22(27)26-21(24-25-23(26)32-20)15-8-10-16(28-3)18(13-15)29-4/h7-13H,5-6H2,1-4H3/b20-12-. The molecule has 166 valence electrons. The van der Waals surface area contributed by atoms with E-state index in [1.54, 1.807) is 26.4 Å². The number of ether oxygens (including phenoxy) is 4. The van der Waals surface area contributed by atoms with Crippen LogP contribution in [0.5, 0.6) is 23.0 Å². The van der Waals surface area contributed by atoms with E-state index in [1.165, 1.54) is 15.7 Å². The second-order valence-electron chi connectivity index (χ2n) is 6.70. The van der Waals surface area contributed by atoms with Gasteiger partial charge in [-0.15, -0.1) is 10.2 Å². The molecule has 0 aliphatic rings. The van der Waals surface area contributed by atoms with Crippen LogP contribution < -0.4 is 29.0 Å². The Balaban J connectivity index is 1.79. The summed E-state index contributed by atoms with van der Waals surface area (Å²) in [5.41, 5.74) is 1.35. The summed E-state index contributed by atoms with van der Waals surface area (Å²) in [4.78, 5) is 13.7. The van der Waals surface area contributed by atoms with Crippen LogP contribution in [0.25, 0.3) is 22.4 Å². The Bertz CT molecular complexity index is 1360. The van der Waals surface area contributed by atoms with Gasteiger partial charge in [0, 0.05) is 5.56 Å². The van der Waals surface area contributed by atoms with Gasteiger partial charge in [-0.3, -0.25) is 4.79 Å². The molecule has 0 spiro atoms. The molecule has 0 bridgehead atoms. The van der Waals surface area contributed by atoms with Crippen molar-refractivity contribution < 1.29 is 18.9 Å². The third-order valence-corrected chi connectivity index (χ3v) is 5.71. The molecule has 2 aromatic carbocycles. The van der Waals surface area contributed by atoms with Crippen LogP contribution in [0.1, 0.15) is 19.4 Å². The zero-order valence-corrected chi connectivity index (χ0v) is 19.1. The van der Waals surface area contributed by atoms with Crippen LogP contribution >= 0.6 is 11.3 Å². The fourth-order valence-electron chi connectivity index (χ4n) is 3.33. The van der Waals surface area contributed by atoms with E-state index in [0.717, 1.165) is 5.56 Å². The van der Waals surface area contributed by atoms with Gasteiger partial charge in [-0.25, -0.2) is 4.40 Å². The molecule has 0 radical (unpaired) electrons. The molecule has 0 atom stereocenters. The van der Waals surface area contributed by atoms with Crippen molar-refractivity contribution in [3.63, 3.8) is 0 Å². The first-order valence-corrected chi connectivity index (χ1v) is 10.9. The third-order valence-electron chi connectivity index (χ3n) is 4.76. The summed E-state index contributed by atoms with van der Waals surface area (Å²) < 4.78 is 24.0. The van der Waals surface area contributed by atoms with Gasteiger partial charge < -0.3 is 18.9 Å². The van der Waals surface area contributed by atoms with Gasteiger partial charge in [-0.2, -0.15) is 0 Å². The largest absolute Gasteiger partial charge is 0.493 e. The van der Waals surface area contributed by atoms with E-state index in [2.05, 4.69) is 10.2 Å². The van der Waals surface area contributed by atoms with Crippen molar-refractivity contribution >= 4 is 22.4 Å². The highest BCUT2D eigenvalue weighted by molar-refractivity contribution is 7.15. The van der Waals surface area contributed by atoms with E-state index >= 15 is 0 Å². The van der Waals surface area contributed by atoms with E-state index in [0.29, 0.717) is 57.1 Å². The van der Waals surface area contributed by atoms with Gasteiger partial charge >= 0.3 is 0 Å². The number of fused-ring (bicyclic) bond motifs is 1. The molecule has 4 aromatic rings. The lowest BCUT2D eigenvalue weighted by Gasteiger charge is -2.11. The van der Waals surface area contributed by atoms with Gasteiger partial charge in [-0.1, -0.05) is 17.4 Å². The Morgan fingerprint density at radius 1 is 0.906 bits per heavy atom. The van der Waals surface area contributed by atoms with Gasteiger partial charge in [0.2, 0.25) is 4.96 Å². The van der Waals surface area contributed by atoms with Crippen molar-refractivity contribution in [3.05, 3.63) is 56.8 Å². The van der Waals surface area contributed by atoms with Crippen LogP contribution in [0, 0.1) is 0 Å². The summed E-state index contributed by atoms with van der Waals surface area (Å²) in [6.07, 6.45) is 1.82. The average molecular weight is 454 g/mol. The maximum Gasteiger partial charge on any atom is 0.276 e. The summed E-state index contributed by atoms with van der Waals surface area (Å²) in [5.74, 6) is 2.91. The Morgan fingerprint density at radius 3 is 2.34 bits per heavy atom. The van der Waals surface area contributed by atoms with Crippen molar-refractivity contribution in [2.45, 2.75) is 13.8 Å². The Morgan fingerprint density at radius 2 is 1.62 bits per heavy atom. The fraction of sp³-hybridized carbons (Fsp3) is 0.261. The van der Waals surface area contributed by atoms with Crippen LogP contribution in [0.2, 0.25) is 0 Å². The first kappa shape index (κ1) is 21.6. The molecular weight excluding hydrogens is 430 g/mol. The molecule has 4 rings (SSSR count). The lowest BCUT2D eigenvalue weighted by Crippen LogP contribution is -2.23. The minimum Gasteiger partial charge on any atom is -0.493 e. The number of hydrogen-bond acceptors (Lipinski definition) is 8. The van der Waals surface area contributed by atoms with E-state index in [1.807, 2.05) is 44.2 Å². The first-order valence-electron chi connectivity index (χ1n) is 10.1. The van der Waals surface area contributed by atoms with E-state index in [-0.39, 0.29) is 5.56 Å². The van der Waals surface area contributed by atoms with Crippen LogP contribution in [0.4, 0.5) is 0 Å². The minimum atomic E-state index is -0.188. The first-order chi connectivity index (χ1) is 15.6. The summed E-state index contributed by atoms with van der Waals surface area (Å²) in [6, 6.07) is 11.0. The molecule has 0 N–H and O–H groups in total. The zero-order chi connectivity index (χ0) is 22.7. The number of methoxy groups -OCH3 is 2. The molecular formula is C23H23N3O5S.